The minimum atomic E-state index is -4.05. The van der Waals surface area contributed by atoms with Crippen molar-refractivity contribution in [2.24, 2.45) is 0 Å². The van der Waals surface area contributed by atoms with Gasteiger partial charge in [0, 0.05) is 31.9 Å². The van der Waals surface area contributed by atoms with Crippen LogP contribution in [0, 0.1) is 5.82 Å². The van der Waals surface area contributed by atoms with Crippen molar-refractivity contribution in [3.63, 3.8) is 0 Å². The molecule has 2 fully saturated rings. The smallest absolute Gasteiger partial charge is 0.261 e. The van der Waals surface area contributed by atoms with Crippen molar-refractivity contribution in [3.05, 3.63) is 48.3 Å². The van der Waals surface area contributed by atoms with Gasteiger partial charge in [0.15, 0.2) is 0 Å². The maximum atomic E-state index is 14.1. The highest BCUT2D eigenvalue weighted by Gasteiger charge is 2.27. The van der Waals surface area contributed by atoms with Gasteiger partial charge in [-0.2, -0.15) is 4.31 Å². The monoisotopic (exact) mass is 485 g/mol. The molecule has 0 bridgehead atoms. The summed E-state index contributed by atoms with van der Waals surface area (Å²) in [7, 11) is -7.79. The fourth-order valence-corrected chi connectivity index (χ4v) is 6.03. The molecule has 0 aliphatic carbocycles. The molecule has 2 aliphatic heterocycles. The Kier molecular flexibility index (Phi) is 6.67. The van der Waals surface area contributed by atoms with Crippen molar-refractivity contribution in [2.75, 3.05) is 62.2 Å². The molecule has 0 amide bonds. The number of anilines is 2. The molecule has 32 heavy (non-hydrogen) atoms. The van der Waals surface area contributed by atoms with Gasteiger partial charge in [-0.05, 0) is 42.5 Å². The van der Waals surface area contributed by atoms with E-state index in [1.54, 1.807) is 6.07 Å². The quantitative estimate of drug-likeness (QED) is 0.661. The lowest BCUT2D eigenvalue weighted by molar-refractivity contribution is 0.0730. The number of nitrogens with one attached hydrogen (secondary N) is 1. The lowest BCUT2D eigenvalue weighted by Crippen LogP contribution is -2.40. The Morgan fingerprint density at radius 1 is 0.781 bits per heavy atom. The third-order valence-corrected chi connectivity index (χ3v) is 8.56. The summed E-state index contributed by atoms with van der Waals surface area (Å²) in [5, 5.41) is 0. The Morgan fingerprint density at radius 2 is 1.34 bits per heavy atom. The molecule has 0 aromatic heterocycles. The second kappa shape index (κ2) is 9.32. The first-order valence-corrected chi connectivity index (χ1v) is 13.0. The summed E-state index contributed by atoms with van der Waals surface area (Å²) in [5.74, 6) is -0.571. The summed E-state index contributed by atoms with van der Waals surface area (Å²) in [6.45, 7) is 3.30. The lowest BCUT2D eigenvalue weighted by Gasteiger charge is -2.29. The second-order valence-electron chi connectivity index (χ2n) is 7.39. The van der Waals surface area contributed by atoms with Crippen LogP contribution in [0.25, 0.3) is 0 Å². The minimum Gasteiger partial charge on any atom is -0.379 e. The molecule has 4 rings (SSSR count). The second-order valence-corrected chi connectivity index (χ2v) is 11.0. The number of ether oxygens (including phenoxy) is 2. The van der Waals surface area contributed by atoms with Gasteiger partial charge in [0.2, 0.25) is 10.0 Å². The average Bonchev–Trinajstić information content (AvgIpc) is 2.79. The number of morpholine rings is 2. The maximum absolute atomic E-state index is 14.1. The third-order valence-electron chi connectivity index (χ3n) is 5.25. The molecule has 9 nitrogen and oxygen atoms in total. The summed E-state index contributed by atoms with van der Waals surface area (Å²) >= 11 is 0. The highest BCUT2D eigenvalue weighted by Crippen LogP contribution is 2.26. The summed E-state index contributed by atoms with van der Waals surface area (Å²) in [6, 6.07) is 8.94. The van der Waals surface area contributed by atoms with E-state index in [1.165, 1.54) is 34.6 Å². The van der Waals surface area contributed by atoms with E-state index in [4.69, 9.17) is 9.47 Å². The zero-order valence-electron chi connectivity index (χ0n) is 17.2. The highest BCUT2D eigenvalue weighted by molar-refractivity contribution is 7.92. The number of sulfonamides is 2. The number of nitrogens with zero attached hydrogens (tertiary/aromatic N) is 2. The highest BCUT2D eigenvalue weighted by atomic mass is 32.2. The van der Waals surface area contributed by atoms with E-state index in [9.17, 15) is 21.2 Å². The predicted molar refractivity (Wildman–Crippen MR) is 116 cm³/mol. The largest absolute Gasteiger partial charge is 0.379 e. The number of hydrogen-bond donors (Lipinski definition) is 1. The van der Waals surface area contributed by atoms with E-state index in [-0.39, 0.29) is 28.6 Å². The van der Waals surface area contributed by atoms with Crippen molar-refractivity contribution < 1.29 is 30.7 Å². The molecular weight excluding hydrogens is 461 g/mol. The van der Waals surface area contributed by atoms with Crippen LogP contribution >= 0.6 is 0 Å². The molecule has 2 aliphatic rings. The Bertz CT molecular complexity index is 1160. The molecule has 1 N–H and O–H groups in total. The van der Waals surface area contributed by atoms with Gasteiger partial charge in [0.05, 0.1) is 41.9 Å². The molecule has 0 spiro atoms. The van der Waals surface area contributed by atoms with Gasteiger partial charge < -0.3 is 14.4 Å². The SMILES string of the molecule is O=S(=O)(Nc1cc(F)cc(N2CCOCC2)c1)c1ccc(S(=O)(=O)N2CCOCC2)cc1. The molecule has 0 atom stereocenters. The standard InChI is InChI=1S/C20H24FN3O6S2/c21-16-13-17(15-18(14-16)23-5-9-29-10-6-23)22-31(25,26)19-1-3-20(4-2-19)32(27,28)24-7-11-30-12-8-24/h1-4,13-15,22H,5-12H2. The molecule has 2 heterocycles. The number of halogens is 1. The number of benzene rings is 2. The Balaban J connectivity index is 1.53. The number of hydrogen-bond acceptors (Lipinski definition) is 7. The molecule has 2 saturated heterocycles. The van der Waals surface area contributed by atoms with E-state index in [2.05, 4.69) is 4.72 Å². The van der Waals surface area contributed by atoms with E-state index in [0.717, 1.165) is 6.07 Å². The van der Waals surface area contributed by atoms with Crippen molar-refractivity contribution in [2.45, 2.75) is 9.79 Å². The first-order valence-electron chi connectivity index (χ1n) is 10.1. The molecule has 12 heteroatoms. The van der Waals surface area contributed by atoms with E-state index >= 15 is 0 Å². The first-order chi connectivity index (χ1) is 15.3. The van der Waals surface area contributed by atoms with Crippen LogP contribution in [0.15, 0.2) is 52.3 Å². The normalized spacial score (nSPS) is 18.5. The van der Waals surface area contributed by atoms with E-state index < -0.39 is 25.9 Å². The van der Waals surface area contributed by atoms with Gasteiger partial charge in [-0.1, -0.05) is 0 Å². The van der Waals surface area contributed by atoms with Crippen molar-refractivity contribution in [1.82, 2.24) is 4.31 Å². The number of rotatable bonds is 6. The van der Waals surface area contributed by atoms with Crippen LogP contribution < -0.4 is 9.62 Å². The van der Waals surface area contributed by atoms with Crippen LogP contribution in [0.1, 0.15) is 0 Å². The fourth-order valence-electron chi connectivity index (χ4n) is 3.58. The predicted octanol–water partition coefficient (Wildman–Crippen LogP) is 1.48. The van der Waals surface area contributed by atoms with Crippen molar-refractivity contribution >= 4 is 31.4 Å². The molecule has 0 unspecified atom stereocenters. The Hall–Kier alpha value is -2.25. The van der Waals surface area contributed by atoms with Gasteiger partial charge >= 0.3 is 0 Å². The van der Waals surface area contributed by atoms with Gasteiger partial charge in [-0.25, -0.2) is 21.2 Å². The molecule has 0 saturated carbocycles. The maximum Gasteiger partial charge on any atom is 0.261 e. The summed E-state index contributed by atoms with van der Waals surface area (Å²) in [4.78, 5) is 1.78. The molecule has 2 aromatic rings. The van der Waals surface area contributed by atoms with E-state index in [0.29, 0.717) is 45.2 Å². The summed E-state index contributed by atoms with van der Waals surface area (Å²) in [6.07, 6.45) is 0. The third kappa shape index (κ3) is 5.04. The van der Waals surface area contributed by atoms with Crippen LogP contribution in [-0.2, 0) is 29.5 Å². The van der Waals surface area contributed by atoms with Gasteiger partial charge in [-0.3, -0.25) is 4.72 Å². The summed E-state index contributed by atoms with van der Waals surface area (Å²) < 4.78 is 79.4. The van der Waals surface area contributed by atoms with Crippen molar-refractivity contribution in [1.29, 1.82) is 0 Å². The average molecular weight is 486 g/mol. The van der Waals surface area contributed by atoms with Crippen LogP contribution in [0.5, 0.6) is 0 Å². The minimum absolute atomic E-state index is 0.00120. The first kappa shape index (κ1) is 22.9. The van der Waals surface area contributed by atoms with Crippen LogP contribution in [0.2, 0.25) is 0 Å². The molecule has 2 aromatic carbocycles. The Morgan fingerprint density at radius 3 is 1.97 bits per heavy atom. The van der Waals surface area contributed by atoms with Crippen LogP contribution in [0.4, 0.5) is 15.8 Å². The van der Waals surface area contributed by atoms with Crippen LogP contribution in [0.3, 0.4) is 0 Å². The zero-order chi connectivity index (χ0) is 22.8. The lowest BCUT2D eigenvalue weighted by atomic mass is 10.2. The Labute approximate surface area is 186 Å². The van der Waals surface area contributed by atoms with Crippen LogP contribution in [-0.4, -0.2) is 73.7 Å². The van der Waals surface area contributed by atoms with Gasteiger partial charge in [-0.15, -0.1) is 0 Å². The molecular formula is C20H24FN3O6S2. The summed E-state index contributed by atoms with van der Waals surface area (Å²) in [5.41, 5.74) is 0.634. The van der Waals surface area contributed by atoms with Crippen molar-refractivity contribution in [3.8, 4) is 0 Å². The topological polar surface area (TPSA) is 105 Å². The fraction of sp³-hybridized carbons (Fsp3) is 0.400. The van der Waals surface area contributed by atoms with E-state index in [1.807, 2.05) is 4.90 Å². The van der Waals surface area contributed by atoms with Gasteiger partial charge in [0.25, 0.3) is 10.0 Å². The zero-order valence-corrected chi connectivity index (χ0v) is 18.9. The molecule has 174 valence electrons. The van der Waals surface area contributed by atoms with Gasteiger partial charge in [0.1, 0.15) is 5.82 Å². The molecule has 0 radical (unpaired) electrons.